The van der Waals surface area contributed by atoms with Crippen LogP contribution in [0.1, 0.15) is 72.2 Å². The third kappa shape index (κ3) is 8.75. The molecule has 0 fully saturated rings. The second-order valence-electron chi connectivity index (χ2n) is 12.7. The van der Waals surface area contributed by atoms with Crippen LogP contribution in [0.25, 0.3) is 43.4 Å². The predicted molar refractivity (Wildman–Crippen MR) is 203 cm³/mol. The van der Waals surface area contributed by atoms with E-state index in [-0.39, 0.29) is 30.0 Å². The van der Waals surface area contributed by atoms with Crippen LogP contribution in [0.2, 0.25) is 0 Å². The van der Waals surface area contributed by atoms with E-state index in [1.54, 1.807) is 16.8 Å². The summed E-state index contributed by atoms with van der Waals surface area (Å²) in [4.78, 5) is 61.4. The topological polar surface area (TPSA) is 155 Å². The van der Waals surface area contributed by atoms with Gasteiger partial charge in [0, 0.05) is 27.1 Å². The number of rotatable bonds is 11. The number of alkyl carbamates (subject to hydrolysis) is 1. The highest BCUT2D eigenvalue weighted by Crippen LogP contribution is 2.38. The fourth-order valence-corrected chi connectivity index (χ4v) is 8.24. The van der Waals surface area contributed by atoms with Gasteiger partial charge >= 0.3 is 18.0 Å². The lowest BCUT2D eigenvalue weighted by Gasteiger charge is -2.24. The standard InChI is InChI=1S/C36H34N6O6S4/c1-19(2)27(42-35(45)48-36(3,4)5)32-39-24(16-52-32)31-38-23(15-50-31)28-21(12-13-22(37-28)30-41-25(17-51-30)33(43)46-6)29-40-26(18-49-29)34(44)47-14-20-10-8-7-9-11-20/h7-13,15-19,27H,14H2,1-6H3,(H,42,45)/t27-/m0/s1. The van der Waals surface area contributed by atoms with Gasteiger partial charge in [-0.25, -0.2) is 39.3 Å². The van der Waals surface area contributed by atoms with E-state index in [1.807, 2.05) is 81.8 Å². The minimum Gasteiger partial charge on any atom is -0.464 e. The summed E-state index contributed by atoms with van der Waals surface area (Å²) in [5.41, 5.74) is 3.52. The number of methoxy groups -OCH3 is 1. The molecule has 1 aromatic carbocycles. The summed E-state index contributed by atoms with van der Waals surface area (Å²) < 4.78 is 15.8. The SMILES string of the molecule is COC(=O)c1csc(-c2ccc(-c3nc(C(=O)OCc4ccccc4)cs3)c(-c3csc(-c4csc([C@@H](NC(=O)OC(C)(C)C)C(C)C)n4)n3)n2)n1. The fraction of sp³-hybridized carbons (Fsp3) is 0.278. The van der Waals surface area contributed by atoms with Crippen molar-refractivity contribution < 1.29 is 28.6 Å². The lowest BCUT2D eigenvalue weighted by atomic mass is 10.1. The van der Waals surface area contributed by atoms with Crippen LogP contribution in [0, 0.1) is 5.92 Å². The van der Waals surface area contributed by atoms with Gasteiger partial charge in [-0.05, 0) is 44.4 Å². The normalized spacial score (nSPS) is 12.1. The Morgan fingerprint density at radius 1 is 0.731 bits per heavy atom. The number of carbonyl (C=O) groups excluding carboxylic acids is 3. The zero-order chi connectivity index (χ0) is 37.0. The second-order valence-corrected chi connectivity index (χ2v) is 16.2. The Morgan fingerprint density at radius 3 is 2.10 bits per heavy atom. The lowest BCUT2D eigenvalue weighted by molar-refractivity contribution is 0.0463. The molecule has 0 saturated heterocycles. The van der Waals surface area contributed by atoms with Crippen molar-refractivity contribution >= 4 is 63.4 Å². The number of esters is 2. The molecule has 16 heteroatoms. The predicted octanol–water partition coefficient (Wildman–Crippen LogP) is 8.94. The molecule has 12 nitrogen and oxygen atoms in total. The van der Waals surface area contributed by atoms with E-state index in [0.717, 1.165) is 10.6 Å². The van der Waals surface area contributed by atoms with Crippen LogP contribution in [-0.2, 0) is 20.8 Å². The highest BCUT2D eigenvalue weighted by Gasteiger charge is 2.26. The summed E-state index contributed by atoms with van der Waals surface area (Å²) in [5, 5.41) is 12.5. The van der Waals surface area contributed by atoms with Gasteiger partial charge in [-0.15, -0.1) is 45.3 Å². The number of benzene rings is 1. The highest BCUT2D eigenvalue weighted by atomic mass is 32.1. The maximum absolute atomic E-state index is 12.9. The zero-order valence-electron chi connectivity index (χ0n) is 29.0. The van der Waals surface area contributed by atoms with Crippen LogP contribution in [0.5, 0.6) is 0 Å². The molecule has 0 radical (unpaired) electrons. The smallest absolute Gasteiger partial charge is 0.408 e. The largest absolute Gasteiger partial charge is 0.464 e. The van der Waals surface area contributed by atoms with Crippen LogP contribution in [-0.4, -0.2) is 55.7 Å². The van der Waals surface area contributed by atoms with Crippen LogP contribution in [0.15, 0.2) is 64.0 Å². The number of nitrogens with one attached hydrogen (secondary N) is 1. The Bertz CT molecular complexity index is 2200. The number of amides is 1. The Morgan fingerprint density at radius 2 is 1.38 bits per heavy atom. The quantitative estimate of drug-likeness (QED) is 0.0991. The maximum Gasteiger partial charge on any atom is 0.408 e. The number of thiazole rings is 4. The van der Waals surface area contributed by atoms with E-state index in [0.29, 0.717) is 43.4 Å². The molecular weight excluding hydrogens is 741 g/mol. The summed E-state index contributed by atoms with van der Waals surface area (Å²) >= 11 is 5.39. The Hall–Kier alpha value is -4.90. The molecule has 1 atom stereocenters. The first-order valence-electron chi connectivity index (χ1n) is 16.0. The van der Waals surface area contributed by atoms with E-state index in [4.69, 9.17) is 29.2 Å². The van der Waals surface area contributed by atoms with Gasteiger partial charge in [0.2, 0.25) is 0 Å². The van der Waals surface area contributed by atoms with Gasteiger partial charge in [-0.2, -0.15) is 0 Å². The number of ether oxygens (including phenoxy) is 3. The number of pyridine rings is 1. The Balaban J connectivity index is 1.31. The van der Waals surface area contributed by atoms with Crippen molar-refractivity contribution in [3.63, 3.8) is 0 Å². The van der Waals surface area contributed by atoms with Crippen molar-refractivity contribution in [3.8, 4) is 43.4 Å². The van der Waals surface area contributed by atoms with E-state index in [1.165, 1.54) is 52.5 Å². The summed E-state index contributed by atoms with van der Waals surface area (Å²) in [5.74, 6) is -1.02. The third-order valence-electron chi connectivity index (χ3n) is 7.26. The minimum absolute atomic E-state index is 0.0530. The van der Waals surface area contributed by atoms with Gasteiger partial charge in [0.1, 0.15) is 49.3 Å². The first-order chi connectivity index (χ1) is 24.9. The monoisotopic (exact) mass is 774 g/mol. The number of carbonyl (C=O) groups is 3. The molecule has 5 heterocycles. The van der Waals surface area contributed by atoms with E-state index >= 15 is 0 Å². The van der Waals surface area contributed by atoms with E-state index in [2.05, 4.69) is 15.3 Å². The van der Waals surface area contributed by atoms with Gasteiger partial charge < -0.3 is 19.5 Å². The molecule has 52 heavy (non-hydrogen) atoms. The first kappa shape index (κ1) is 36.9. The summed E-state index contributed by atoms with van der Waals surface area (Å²) in [6.07, 6.45) is -0.508. The third-order valence-corrected chi connectivity index (χ3v) is 10.8. The molecule has 1 N–H and O–H groups in total. The Labute approximate surface area is 315 Å². The average molecular weight is 775 g/mol. The molecule has 6 rings (SSSR count). The molecule has 0 unspecified atom stereocenters. The zero-order valence-corrected chi connectivity index (χ0v) is 32.3. The van der Waals surface area contributed by atoms with Gasteiger partial charge in [0.15, 0.2) is 11.4 Å². The second kappa shape index (κ2) is 15.8. The van der Waals surface area contributed by atoms with Crippen molar-refractivity contribution in [3.05, 3.63) is 85.9 Å². The molecule has 0 saturated carbocycles. The maximum atomic E-state index is 12.9. The summed E-state index contributed by atoms with van der Waals surface area (Å²) in [7, 11) is 1.30. The number of hydrogen-bond acceptors (Lipinski definition) is 15. The van der Waals surface area contributed by atoms with Crippen molar-refractivity contribution in [2.75, 3.05) is 7.11 Å². The lowest BCUT2D eigenvalue weighted by Crippen LogP contribution is -2.36. The van der Waals surface area contributed by atoms with Crippen LogP contribution in [0.3, 0.4) is 0 Å². The average Bonchev–Trinajstić information content (AvgIpc) is 3.95. The molecule has 0 spiro atoms. The van der Waals surface area contributed by atoms with E-state index < -0.39 is 23.6 Å². The molecule has 268 valence electrons. The summed E-state index contributed by atoms with van der Waals surface area (Å²) in [6.45, 7) is 9.60. The Kier molecular flexibility index (Phi) is 11.2. The molecule has 1 amide bonds. The number of hydrogen-bond donors (Lipinski definition) is 1. The van der Waals surface area contributed by atoms with Crippen molar-refractivity contribution in [1.29, 1.82) is 0 Å². The minimum atomic E-state index is -0.629. The van der Waals surface area contributed by atoms with Gasteiger partial charge in [0.05, 0.1) is 18.8 Å². The molecule has 0 aliphatic heterocycles. The molecule has 6 aromatic rings. The van der Waals surface area contributed by atoms with Gasteiger partial charge in [0.25, 0.3) is 0 Å². The molecule has 0 aliphatic carbocycles. The number of nitrogens with zero attached hydrogens (tertiary/aromatic N) is 5. The number of aromatic nitrogens is 5. The van der Waals surface area contributed by atoms with Gasteiger partial charge in [-0.1, -0.05) is 44.2 Å². The molecular formula is C36H34N6O6S4. The fourth-order valence-electron chi connectivity index (χ4n) is 4.80. The van der Waals surface area contributed by atoms with Crippen LogP contribution in [0.4, 0.5) is 4.79 Å². The van der Waals surface area contributed by atoms with Crippen molar-refractivity contribution in [2.24, 2.45) is 5.92 Å². The highest BCUT2D eigenvalue weighted by molar-refractivity contribution is 7.14. The van der Waals surface area contributed by atoms with Gasteiger partial charge in [-0.3, -0.25) is 0 Å². The summed E-state index contributed by atoms with van der Waals surface area (Å²) in [6, 6.07) is 12.7. The van der Waals surface area contributed by atoms with Crippen LogP contribution >= 0.6 is 45.3 Å². The molecule has 0 aliphatic rings. The van der Waals surface area contributed by atoms with Crippen molar-refractivity contribution in [1.82, 2.24) is 30.2 Å². The first-order valence-corrected chi connectivity index (χ1v) is 19.5. The van der Waals surface area contributed by atoms with Crippen molar-refractivity contribution in [2.45, 2.75) is 52.9 Å². The molecule has 0 bridgehead atoms. The van der Waals surface area contributed by atoms with E-state index in [9.17, 15) is 14.4 Å². The molecule has 5 aromatic heterocycles. The van der Waals surface area contributed by atoms with Crippen LogP contribution < -0.4 is 5.32 Å².